The maximum atomic E-state index is 9.57. The smallest absolute Gasteiger partial charge is 0.224 e. The summed E-state index contributed by atoms with van der Waals surface area (Å²) in [5.74, 6) is 1.41. The third-order valence-corrected chi connectivity index (χ3v) is 4.79. The van der Waals surface area contributed by atoms with E-state index in [9.17, 15) is 5.21 Å². The van der Waals surface area contributed by atoms with Crippen molar-refractivity contribution in [2.75, 3.05) is 0 Å². The minimum Gasteiger partial charge on any atom is -0.472 e. The molecule has 0 spiro atoms. The van der Waals surface area contributed by atoms with Crippen LogP contribution in [0.2, 0.25) is 0 Å². The van der Waals surface area contributed by atoms with E-state index in [2.05, 4.69) is 53.6 Å². The van der Waals surface area contributed by atoms with Crippen molar-refractivity contribution < 1.29 is 9.94 Å². The highest BCUT2D eigenvalue weighted by atomic mass is 16.5. The third-order valence-electron chi connectivity index (χ3n) is 4.79. The lowest BCUT2D eigenvalue weighted by atomic mass is 10.0. The molecule has 0 radical (unpaired) electrons. The summed E-state index contributed by atoms with van der Waals surface area (Å²) in [6.07, 6.45) is 6.18. The molecular weight excluding hydrogens is 326 g/mol. The SMILES string of the molecule is CC(C)c1ccc(COc2ncccc2C(=NC2CCCC2)NO)cc1. The van der Waals surface area contributed by atoms with Gasteiger partial charge in [0.05, 0.1) is 11.6 Å². The summed E-state index contributed by atoms with van der Waals surface area (Å²) in [4.78, 5) is 8.98. The van der Waals surface area contributed by atoms with Crippen LogP contribution in [0, 0.1) is 0 Å². The molecule has 138 valence electrons. The molecule has 3 rings (SSSR count). The number of pyridine rings is 1. The molecule has 5 nitrogen and oxygen atoms in total. The molecule has 1 heterocycles. The van der Waals surface area contributed by atoms with Crippen LogP contribution in [-0.4, -0.2) is 22.1 Å². The van der Waals surface area contributed by atoms with E-state index >= 15 is 0 Å². The Morgan fingerprint density at radius 2 is 1.96 bits per heavy atom. The number of nitrogens with one attached hydrogen (secondary N) is 1. The quantitative estimate of drug-likeness (QED) is 0.457. The van der Waals surface area contributed by atoms with Gasteiger partial charge in [-0.15, -0.1) is 0 Å². The first-order chi connectivity index (χ1) is 12.7. The molecule has 1 aromatic carbocycles. The van der Waals surface area contributed by atoms with Gasteiger partial charge in [-0.1, -0.05) is 51.0 Å². The monoisotopic (exact) mass is 353 g/mol. The Kier molecular flexibility index (Phi) is 6.23. The van der Waals surface area contributed by atoms with Crippen molar-refractivity contribution in [3.05, 3.63) is 59.3 Å². The molecule has 0 saturated heterocycles. The van der Waals surface area contributed by atoms with Crippen LogP contribution in [0.3, 0.4) is 0 Å². The largest absolute Gasteiger partial charge is 0.472 e. The fraction of sp³-hybridized carbons (Fsp3) is 0.429. The highest BCUT2D eigenvalue weighted by Crippen LogP contribution is 2.23. The minimum absolute atomic E-state index is 0.251. The second-order valence-electron chi connectivity index (χ2n) is 7.07. The zero-order valence-corrected chi connectivity index (χ0v) is 15.5. The van der Waals surface area contributed by atoms with Crippen molar-refractivity contribution in [1.82, 2.24) is 10.5 Å². The Balaban J connectivity index is 1.74. The molecule has 0 bridgehead atoms. The standard InChI is InChI=1S/C21H27N3O2/c1-15(2)17-11-9-16(10-12-17)14-26-21-19(8-5-13-22-21)20(24-25)23-18-6-3-4-7-18/h5,8-13,15,18,25H,3-4,6-7,14H2,1-2H3,(H,23,24). The molecule has 1 aliphatic carbocycles. The summed E-state index contributed by atoms with van der Waals surface area (Å²) in [5.41, 5.74) is 5.30. The second kappa shape index (κ2) is 8.81. The van der Waals surface area contributed by atoms with Crippen molar-refractivity contribution in [2.45, 2.75) is 58.1 Å². The molecule has 5 heteroatoms. The molecule has 1 aromatic heterocycles. The number of hydroxylamine groups is 1. The summed E-state index contributed by atoms with van der Waals surface area (Å²) < 4.78 is 5.93. The minimum atomic E-state index is 0.251. The van der Waals surface area contributed by atoms with E-state index < -0.39 is 0 Å². The molecular formula is C21H27N3O2. The van der Waals surface area contributed by atoms with Gasteiger partial charge in [0.1, 0.15) is 6.61 Å². The summed E-state index contributed by atoms with van der Waals surface area (Å²) in [7, 11) is 0. The highest BCUT2D eigenvalue weighted by molar-refractivity contribution is 6.00. The van der Waals surface area contributed by atoms with Gasteiger partial charge in [-0.25, -0.2) is 4.98 Å². The van der Waals surface area contributed by atoms with E-state index in [0.29, 0.717) is 29.8 Å². The second-order valence-corrected chi connectivity index (χ2v) is 7.07. The molecule has 2 aromatic rings. The summed E-state index contributed by atoms with van der Waals surface area (Å²) >= 11 is 0. The maximum Gasteiger partial charge on any atom is 0.224 e. The van der Waals surface area contributed by atoms with Crippen molar-refractivity contribution >= 4 is 5.84 Å². The van der Waals surface area contributed by atoms with E-state index in [1.165, 1.54) is 18.4 Å². The van der Waals surface area contributed by atoms with Gasteiger partial charge in [-0.2, -0.15) is 0 Å². The van der Waals surface area contributed by atoms with Crippen LogP contribution in [-0.2, 0) is 6.61 Å². The predicted octanol–water partition coefficient (Wildman–Crippen LogP) is 4.45. The van der Waals surface area contributed by atoms with E-state index in [1.54, 1.807) is 6.20 Å². The molecule has 0 amide bonds. The predicted molar refractivity (Wildman–Crippen MR) is 103 cm³/mol. The van der Waals surface area contributed by atoms with Crippen LogP contribution >= 0.6 is 0 Å². The Hall–Kier alpha value is -2.40. The summed E-state index contributed by atoms with van der Waals surface area (Å²) in [5, 5.41) is 9.57. The Bertz CT molecular complexity index is 735. The number of hydrogen-bond acceptors (Lipinski definition) is 4. The van der Waals surface area contributed by atoms with Gasteiger partial charge >= 0.3 is 0 Å². The zero-order valence-electron chi connectivity index (χ0n) is 15.5. The first kappa shape index (κ1) is 18.4. The van der Waals surface area contributed by atoms with E-state index in [-0.39, 0.29) is 6.04 Å². The number of nitrogens with zero attached hydrogens (tertiary/aromatic N) is 2. The van der Waals surface area contributed by atoms with Crippen molar-refractivity contribution in [1.29, 1.82) is 0 Å². The van der Waals surface area contributed by atoms with Crippen LogP contribution in [0.4, 0.5) is 0 Å². The molecule has 0 aliphatic heterocycles. The molecule has 2 N–H and O–H groups in total. The Labute approximate surface area is 155 Å². The number of aromatic nitrogens is 1. The van der Waals surface area contributed by atoms with Crippen LogP contribution in [0.25, 0.3) is 0 Å². The van der Waals surface area contributed by atoms with Crippen LogP contribution in [0.5, 0.6) is 5.88 Å². The number of aliphatic imine (C=N–C) groups is 1. The molecule has 1 fully saturated rings. The number of rotatable bonds is 6. The normalized spacial score (nSPS) is 15.5. The molecule has 1 aliphatic rings. The molecule has 0 atom stereocenters. The van der Waals surface area contributed by atoms with Gasteiger partial charge in [0, 0.05) is 6.20 Å². The number of benzene rings is 1. The third kappa shape index (κ3) is 4.61. The maximum absolute atomic E-state index is 9.57. The lowest BCUT2D eigenvalue weighted by molar-refractivity contribution is 0.233. The summed E-state index contributed by atoms with van der Waals surface area (Å²) in [6.45, 7) is 4.78. The van der Waals surface area contributed by atoms with Gasteiger partial charge in [0.25, 0.3) is 0 Å². The molecule has 26 heavy (non-hydrogen) atoms. The van der Waals surface area contributed by atoms with Crippen LogP contribution in [0.1, 0.15) is 62.1 Å². The van der Waals surface area contributed by atoms with Crippen molar-refractivity contribution in [3.63, 3.8) is 0 Å². The van der Waals surface area contributed by atoms with E-state index in [1.807, 2.05) is 12.1 Å². The molecule has 0 unspecified atom stereocenters. The highest BCUT2D eigenvalue weighted by Gasteiger charge is 2.18. The van der Waals surface area contributed by atoms with Gasteiger partial charge < -0.3 is 4.74 Å². The average molecular weight is 353 g/mol. The Morgan fingerprint density at radius 1 is 1.23 bits per heavy atom. The number of ether oxygens (including phenoxy) is 1. The van der Waals surface area contributed by atoms with Crippen LogP contribution in [0.15, 0.2) is 47.6 Å². The van der Waals surface area contributed by atoms with Crippen molar-refractivity contribution in [3.8, 4) is 5.88 Å². The van der Waals surface area contributed by atoms with Crippen LogP contribution < -0.4 is 10.2 Å². The van der Waals surface area contributed by atoms with Gasteiger partial charge in [0.2, 0.25) is 5.88 Å². The molecule has 1 saturated carbocycles. The van der Waals surface area contributed by atoms with Gasteiger partial charge in [-0.3, -0.25) is 15.7 Å². The van der Waals surface area contributed by atoms with E-state index in [0.717, 1.165) is 18.4 Å². The van der Waals surface area contributed by atoms with Gasteiger partial charge in [-0.05, 0) is 42.0 Å². The zero-order chi connectivity index (χ0) is 18.4. The Morgan fingerprint density at radius 3 is 2.62 bits per heavy atom. The van der Waals surface area contributed by atoms with Crippen molar-refractivity contribution in [2.24, 2.45) is 4.99 Å². The average Bonchev–Trinajstić information content (AvgIpc) is 3.18. The number of amidine groups is 1. The van der Waals surface area contributed by atoms with Gasteiger partial charge in [0.15, 0.2) is 5.84 Å². The fourth-order valence-corrected chi connectivity index (χ4v) is 3.21. The summed E-state index contributed by atoms with van der Waals surface area (Å²) in [6, 6.07) is 12.4. The number of hydrogen-bond donors (Lipinski definition) is 2. The first-order valence-corrected chi connectivity index (χ1v) is 9.32. The first-order valence-electron chi connectivity index (χ1n) is 9.32. The lowest BCUT2D eigenvalue weighted by Crippen LogP contribution is -2.23. The topological polar surface area (TPSA) is 66.7 Å². The fourth-order valence-electron chi connectivity index (χ4n) is 3.21. The lowest BCUT2D eigenvalue weighted by Gasteiger charge is -2.13. The van der Waals surface area contributed by atoms with E-state index in [4.69, 9.17) is 4.74 Å².